The van der Waals surface area contributed by atoms with E-state index in [0.717, 1.165) is 25.2 Å². The Hall–Kier alpha value is -0.340. The van der Waals surface area contributed by atoms with E-state index < -0.39 is 5.60 Å². The lowest BCUT2D eigenvalue weighted by atomic mass is 9.45. The van der Waals surface area contributed by atoms with Crippen LogP contribution in [0.15, 0.2) is 11.6 Å². The molecule has 0 spiro atoms. The van der Waals surface area contributed by atoms with Crippen LogP contribution in [0.3, 0.4) is 0 Å². The fraction of sp³-hybridized carbons (Fsp3) is 0.900. The van der Waals surface area contributed by atoms with Gasteiger partial charge in [-0.1, -0.05) is 38.8 Å². The van der Waals surface area contributed by atoms with E-state index in [0.29, 0.717) is 11.3 Å². The molecule has 2 nitrogen and oxygen atoms in total. The van der Waals surface area contributed by atoms with E-state index in [-0.39, 0.29) is 12.0 Å². The molecule has 0 saturated heterocycles. The molecular formula is C20H36O2. The minimum absolute atomic E-state index is 0.125. The molecule has 2 rings (SSSR count). The van der Waals surface area contributed by atoms with Crippen LogP contribution in [0.5, 0.6) is 0 Å². The molecule has 2 unspecified atom stereocenters. The molecule has 22 heavy (non-hydrogen) atoms. The Kier molecular flexibility index (Phi) is 5.14. The van der Waals surface area contributed by atoms with E-state index in [1.807, 2.05) is 6.08 Å². The quantitative estimate of drug-likeness (QED) is 0.739. The average molecular weight is 309 g/mol. The molecule has 0 radical (unpaired) electrons. The largest absolute Gasteiger partial charge is 0.392 e. The van der Waals surface area contributed by atoms with Crippen LogP contribution in [0.4, 0.5) is 0 Å². The van der Waals surface area contributed by atoms with Crippen molar-refractivity contribution < 1.29 is 10.2 Å². The van der Waals surface area contributed by atoms with Gasteiger partial charge >= 0.3 is 0 Å². The molecule has 2 fully saturated rings. The van der Waals surface area contributed by atoms with Crippen molar-refractivity contribution in [3.05, 3.63) is 11.6 Å². The summed E-state index contributed by atoms with van der Waals surface area (Å²) in [6, 6.07) is 0. The van der Waals surface area contributed by atoms with Crippen molar-refractivity contribution in [2.24, 2.45) is 22.7 Å². The molecule has 2 N–H and O–H groups in total. The number of rotatable bonds is 4. The minimum atomic E-state index is -0.543. The van der Waals surface area contributed by atoms with Gasteiger partial charge in [-0.2, -0.15) is 0 Å². The monoisotopic (exact) mass is 308 g/mol. The number of fused-ring (bicyclic) bond motifs is 1. The van der Waals surface area contributed by atoms with E-state index in [1.165, 1.54) is 31.3 Å². The van der Waals surface area contributed by atoms with Crippen molar-refractivity contribution in [2.75, 3.05) is 6.61 Å². The summed E-state index contributed by atoms with van der Waals surface area (Å²) < 4.78 is 0. The number of hydrogen-bond donors (Lipinski definition) is 2. The lowest BCUT2D eigenvalue weighted by Crippen LogP contribution is -2.57. The summed E-state index contributed by atoms with van der Waals surface area (Å²) in [6.45, 7) is 11.6. The van der Waals surface area contributed by atoms with Gasteiger partial charge in [0.05, 0.1) is 12.2 Å². The summed E-state index contributed by atoms with van der Waals surface area (Å²) in [6.07, 6.45) is 9.90. The van der Waals surface area contributed by atoms with Crippen molar-refractivity contribution in [2.45, 2.75) is 85.2 Å². The lowest BCUT2D eigenvalue weighted by molar-refractivity contribution is -0.168. The zero-order chi connectivity index (χ0) is 16.6. The van der Waals surface area contributed by atoms with Crippen LogP contribution in [0.25, 0.3) is 0 Å². The smallest absolute Gasteiger partial charge is 0.0653 e. The number of hydrogen-bond acceptors (Lipinski definition) is 2. The fourth-order valence-electron chi connectivity index (χ4n) is 5.90. The Labute approximate surface area is 137 Å². The minimum Gasteiger partial charge on any atom is -0.392 e. The first-order chi connectivity index (χ1) is 10.1. The first kappa shape index (κ1) is 18.0. The first-order valence-corrected chi connectivity index (χ1v) is 9.12. The molecule has 0 aromatic rings. The van der Waals surface area contributed by atoms with Crippen LogP contribution in [0.2, 0.25) is 0 Å². The van der Waals surface area contributed by atoms with Crippen LogP contribution in [-0.2, 0) is 0 Å². The van der Waals surface area contributed by atoms with Gasteiger partial charge < -0.3 is 10.2 Å². The molecule has 2 heteroatoms. The molecule has 2 saturated carbocycles. The number of allylic oxidation sites excluding steroid dienone is 1. The van der Waals surface area contributed by atoms with E-state index in [2.05, 4.69) is 34.6 Å². The Morgan fingerprint density at radius 3 is 2.45 bits per heavy atom. The van der Waals surface area contributed by atoms with Gasteiger partial charge in [0.1, 0.15) is 0 Å². The van der Waals surface area contributed by atoms with Crippen molar-refractivity contribution in [3.8, 4) is 0 Å². The fourth-order valence-corrected chi connectivity index (χ4v) is 5.90. The average Bonchev–Trinajstić information content (AvgIpc) is 2.36. The SMILES string of the molecule is C/C(=C\CO)CCC1[C@]2(C)CCCC(C)(C)C2CC[C@]1(C)O. The third kappa shape index (κ3) is 3.28. The summed E-state index contributed by atoms with van der Waals surface area (Å²) in [5.41, 5.74) is 1.36. The summed E-state index contributed by atoms with van der Waals surface area (Å²) in [4.78, 5) is 0. The van der Waals surface area contributed by atoms with Gasteiger partial charge in [-0.15, -0.1) is 0 Å². The molecule has 4 atom stereocenters. The maximum absolute atomic E-state index is 11.1. The summed E-state index contributed by atoms with van der Waals surface area (Å²) in [5, 5.41) is 20.1. The van der Waals surface area contributed by atoms with Crippen LogP contribution in [0, 0.1) is 22.7 Å². The Morgan fingerprint density at radius 1 is 1.14 bits per heavy atom. The second-order valence-corrected chi connectivity index (χ2v) is 9.12. The highest BCUT2D eigenvalue weighted by molar-refractivity contribution is 5.09. The van der Waals surface area contributed by atoms with Crippen molar-refractivity contribution >= 4 is 0 Å². The van der Waals surface area contributed by atoms with E-state index in [1.54, 1.807) is 0 Å². The Morgan fingerprint density at radius 2 is 1.82 bits per heavy atom. The molecule has 0 heterocycles. The molecular weight excluding hydrogens is 272 g/mol. The highest BCUT2D eigenvalue weighted by atomic mass is 16.3. The van der Waals surface area contributed by atoms with E-state index in [9.17, 15) is 5.11 Å². The molecule has 0 aromatic carbocycles. The summed E-state index contributed by atoms with van der Waals surface area (Å²) >= 11 is 0. The van der Waals surface area contributed by atoms with Gasteiger partial charge in [0.15, 0.2) is 0 Å². The van der Waals surface area contributed by atoms with Gasteiger partial charge in [-0.05, 0) is 75.0 Å². The molecule has 0 aromatic heterocycles. The third-order valence-electron chi connectivity index (χ3n) is 7.03. The standard InChI is InChI=1S/C20H36O2/c1-15(10-14-21)7-8-17-19(4)12-6-11-18(2,3)16(19)9-13-20(17,5)22/h10,16-17,21-22H,6-9,11-14H2,1-5H3/b15-10+/t16?,17?,19-,20+/m1/s1. The molecule has 2 aliphatic carbocycles. The van der Waals surface area contributed by atoms with Crippen molar-refractivity contribution in [1.29, 1.82) is 0 Å². The molecule has 0 bridgehead atoms. The lowest BCUT2D eigenvalue weighted by Gasteiger charge is -2.61. The zero-order valence-electron chi connectivity index (χ0n) is 15.3. The third-order valence-corrected chi connectivity index (χ3v) is 7.03. The van der Waals surface area contributed by atoms with Crippen LogP contribution < -0.4 is 0 Å². The number of aliphatic hydroxyl groups excluding tert-OH is 1. The first-order valence-electron chi connectivity index (χ1n) is 9.12. The summed E-state index contributed by atoms with van der Waals surface area (Å²) in [5.74, 6) is 1.08. The highest BCUT2D eigenvalue weighted by Crippen LogP contribution is 2.62. The molecule has 0 aliphatic heterocycles. The second kappa shape index (κ2) is 6.28. The summed E-state index contributed by atoms with van der Waals surface area (Å²) in [7, 11) is 0. The van der Waals surface area contributed by atoms with Crippen molar-refractivity contribution in [3.63, 3.8) is 0 Å². The van der Waals surface area contributed by atoms with Gasteiger partial charge in [-0.3, -0.25) is 0 Å². The van der Waals surface area contributed by atoms with Crippen molar-refractivity contribution in [1.82, 2.24) is 0 Å². The topological polar surface area (TPSA) is 40.5 Å². The van der Waals surface area contributed by atoms with Crippen LogP contribution >= 0.6 is 0 Å². The van der Waals surface area contributed by atoms with Gasteiger partial charge in [0.25, 0.3) is 0 Å². The molecule has 128 valence electrons. The van der Waals surface area contributed by atoms with Gasteiger partial charge in [-0.25, -0.2) is 0 Å². The maximum atomic E-state index is 11.1. The predicted molar refractivity (Wildman–Crippen MR) is 92.7 cm³/mol. The Bertz CT molecular complexity index is 421. The van der Waals surface area contributed by atoms with Gasteiger partial charge in [0.2, 0.25) is 0 Å². The van der Waals surface area contributed by atoms with Crippen LogP contribution in [-0.4, -0.2) is 22.4 Å². The zero-order valence-corrected chi connectivity index (χ0v) is 15.3. The normalized spacial score (nSPS) is 42.0. The predicted octanol–water partition coefficient (Wildman–Crippen LogP) is 4.70. The Balaban J connectivity index is 2.24. The van der Waals surface area contributed by atoms with E-state index in [4.69, 9.17) is 5.11 Å². The van der Waals surface area contributed by atoms with Crippen LogP contribution in [0.1, 0.15) is 79.6 Å². The molecule has 0 amide bonds. The second-order valence-electron chi connectivity index (χ2n) is 9.12. The highest BCUT2D eigenvalue weighted by Gasteiger charge is 2.57. The molecule has 2 aliphatic rings. The van der Waals surface area contributed by atoms with E-state index >= 15 is 0 Å². The maximum Gasteiger partial charge on any atom is 0.0653 e. The number of aliphatic hydroxyl groups is 2. The van der Waals surface area contributed by atoms with Gasteiger partial charge in [0, 0.05) is 0 Å².